The number of hydrogen-bond acceptors (Lipinski definition) is 4. The van der Waals surface area contributed by atoms with Gasteiger partial charge in [-0.3, -0.25) is 9.55 Å². The zero-order chi connectivity index (χ0) is 14.7. The highest BCUT2D eigenvalue weighted by Crippen LogP contribution is 2.20. The van der Waals surface area contributed by atoms with Crippen LogP contribution in [0.15, 0.2) is 41.6 Å². The van der Waals surface area contributed by atoms with Gasteiger partial charge in [-0.15, -0.1) is 0 Å². The monoisotopic (exact) mass is 284 g/mol. The molecule has 3 heterocycles. The quantitative estimate of drug-likeness (QED) is 0.725. The number of ether oxygens (including phenoxy) is 1. The zero-order valence-electron chi connectivity index (χ0n) is 11.7. The van der Waals surface area contributed by atoms with E-state index in [0.29, 0.717) is 18.8 Å². The van der Waals surface area contributed by atoms with Gasteiger partial charge < -0.3 is 9.72 Å². The Hall–Kier alpha value is -2.47. The number of nitrogens with zero attached hydrogens (tertiary/aromatic N) is 3. The maximum atomic E-state index is 12.0. The maximum absolute atomic E-state index is 12.0. The number of pyridine rings is 2. The third kappa shape index (κ3) is 2.71. The number of fused-ring (bicyclic) bond motifs is 1. The summed E-state index contributed by atoms with van der Waals surface area (Å²) in [6, 6.07) is 5.76. The van der Waals surface area contributed by atoms with E-state index in [9.17, 15) is 4.79 Å². The van der Waals surface area contributed by atoms with Crippen LogP contribution in [0, 0.1) is 0 Å². The van der Waals surface area contributed by atoms with E-state index in [2.05, 4.69) is 15.0 Å². The number of aryl methyl sites for hydroxylation is 1. The molecular formula is C15H16N4O2. The Kier molecular flexibility index (Phi) is 3.79. The number of methoxy groups -OCH3 is 1. The topological polar surface area (TPSA) is 72.8 Å². The number of imidazole rings is 1. The second-order valence-electron chi connectivity index (χ2n) is 4.76. The molecule has 0 fully saturated rings. The van der Waals surface area contributed by atoms with Gasteiger partial charge in [0.2, 0.25) is 0 Å². The summed E-state index contributed by atoms with van der Waals surface area (Å²) < 4.78 is 6.66. The van der Waals surface area contributed by atoms with Crippen molar-refractivity contribution in [1.29, 1.82) is 0 Å². The minimum Gasteiger partial charge on any atom is -0.385 e. The van der Waals surface area contributed by atoms with E-state index in [1.807, 2.05) is 18.2 Å². The van der Waals surface area contributed by atoms with Crippen molar-refractivity contribution in [2.24, 2.45) is 0 Å². The van der Waals surface area contributed by atoms with Crippen LogP contribution in [0.3, 0.4) is 0 Å². The minimum absolute atomic E-state index is 0.138. The van der Waals surface area contributed by atoms with Crippen molar-refractivity contribution >= 4 is 11.2 Å². The Morgan fingerprint density at radius 3 is 2.86 bits per heavy atom. The molecule has 0 saturated carbocycles. The van der Waals surface area contributed by atoms with E-state index < -0.39 is 0 Å². The van der Waals surface area contributed by atoms with Gasteiger partial charge in [-0.1, -0.05) is 0 Å². The van der Waals surface area contributed by atoms with Crippen molar-refractivity contribution in [3.05, 3.63) is 47.3 Å². The normalized spacial score (nSPS) is 11.1. The second kappa shape index (κ2) is 5.88. The van der Waals surface area contributed by atoms with Crippen LogP contribution in [0.5, 0.6) is 0 Å². The molecule has 0 aliphatic rings. The highest BCUT2D eigenvalue weighted by Gasteiger charge is 2.09. The Labute approximate surface area is 121 Å². The zero-order valence-corrected chi connectivity index (χ0v) is 11.7. The first-order valence-electron chi connectivity index (χ1n) is 6.77. The SMILES string of the molecule is COCCCn1c(=O)[nH]c2cc(-c3ccncc3)cnc21. The fourth-order valence-corrected chi connectivity index (χ4v) is 2.32. The standard InChI is InChI=1S/C15H16N4O2/c1-21-8-2-7-19-14-13(18-15(19)20)9-12(10-17-14)11-3-5-16-6-4-11/h3-6,9-10H,2,7-8H2,1H3,(H,18,20). The molecule has 0 amide bonds. The summed E-state index contributed by atoms with van der Waals surface area (Å²) in [4.78, 5) is 23.3. The summed E-state index contributed by atoms with van der Waals surface area (Å²) in [5.74, 6) is 0. The van der Waals surface area contributed by atoms with Crippen LogP contribution < -0.4 is 5.69 Å². The van der Waals surface area contributed by atoms with E-state index in [-0.39, 0.29) is 5.69 Å². The molecule has 0 spiro atoms. The van der Waals surface area contributed by atoms with Gasteiger partial charge in [-0.2, -0.15) is 0 Å². The summed E-state index contributed by atoms with van der Waals surface area (Å²) in [6.07, 6.45) is 6.02. The molecule has 6 heteroatoms. The molecular weight excluding hydrogens is 268 g/mol. The molecule has 108 valence electrons. The molecule has 1 N–H and O–H groups in total. The van der Waals surface area contributed by atoms with Crippen LogP contribution in [-0.2, 0) is 11.3 Å². The summed E-state index contributed by atoms with van der Waals surface area (Å²) >= 11 is 0. The van der Waals surface area contributed by atoms with E-state index in [4.69, 9.17) is 4.74 Å². The lowest BCUT2D eigenvalue weighted by Crippen LogP contribution is -2.17. The van der Waals surface area contributed by atoms with E-state index in [0.717, 1.165) is 23.1 Å². The molecule has 3 rings (SSSR count). The molecule has 0 aliphatic carbocycles. The van der Waals surface area contributed by atoms with Crippen LogP contribution in [0.2, 0.25) is 0 Å². The number of rotatable bonds is 5. The number of aromatic nitrogens is 4. The molecule has 0 saturated heterocycles. The Balaban J connectivity index is 1.99. The first-order chi connectivity index (χ1) is 10.3. The molecule has 0 unspecified atom stereocenters. The number of nitrogens with one attached hydrogen (secondary N) is 1. The molecule has 3 aromatic rings. The van der Waals surface area contributed by atoms with Gasteiger partial charge in [0.05, 0.1) is 5.52 Å². The van der Waals surface area contributed by atoms with Gasteiger partial charge in [-0.25, -0.2) is 9.78 Å². The maximum Gasteiger partial charge on any atom is 0.327 e. The first kappa shape index (κ1) is 13.5. The largest absolute Gasteiger partial charge is 0.385 e. The molecule has 3 aromatic heterocycles. The summed E-state index contributed by atoms with van der Waals surface area (Å²) in [7, 11) is 1.65. The smallest absolute Gasteiger partial charge is 0.327 e. The lowest BCUT2D eigenvalue weighted by molar-refractivity contribution is 0.190. The van der Waals surface area contributed by atoms with E-state index in [1.54, 1.807) is 30.3 Å². The Morgan fingerprint density at radius 2 is 2.10 bits per heavy atom. The molecule has 0 bridgehead atoms. The first-order valence-corrected chi connectivity index (χ1v) is 6.77. The van der Waals surface area contributed by atoms with Crippen molar-refractivity contribution in [3.8, 4) is 11.1 Å². The molecule has 21 heavy (non-hydrogen) atoms. The van der Waals surface area contributed by atoms with Crippen LogP contribution in [0.4, 0.5) is 0 Å². The van der Waals surface area contributed by atoms with Gasteiger partial charge >= 0.3 is 5.69 Å². The van der Waals surface area contributed by atoms with Crippen LogP contribution in [0.25, 0.3) is 22.3 Å². The summed E-state index contributed by atoms with van der Waals surface area (Å²) in [6.45, 7) is 1.21. The summed E-state index contributed by atoms with van der Waals surface area (Å²) in [5.41, 5.74) is 3.25. The fraction of sp³-hybridized carbons (Fsp3) is 0.267. The highest BCUT2D eigenvalue weighted by atomic mass is 16.5. The van der Waals surface area contributed by atoms with Gasteiger partial charge in [0.1, 0.15) is 0 Å². The third-order valence-corrected chi connectivity index (χ3v) is 3.35. The second-order valence-corrected chi connectivity index (χ2v) is 4.76. The lowest BCUT2D eigenvalue weighted by Gasteiger charge is -2.03. The van der Waals surface area contributed by atoms with Gasteiger partial charge in [-0.05, 0) is 30.2 Å². The average molecular weight is 284 g/mol. The van der Waals surface area contributed by atoms with Crippen molar-refractivity contribution in [3.63, 3.8) is 0 Å². The van der Waals surface area contributed by atoms with Crippen LogP contribution >= 0.6 is 0 Å². The van der Waals surface area contributed by atoms with E-state index >= 15 is 0 Å². The molecule has 6 nitrogen and oxygen atoms in total. The number of aromatic amines is 1. The highest BCUT2D eigenvalue weighted by molar-refractivity contribution is 5.77. The number of H-pyrrole nitrogens is 1. The third-order valence-electron chi connectivity index (χ3n) is 3.35. The van der Waals surface area contributed by atoms with Gasteiger partial charge in [0.25, 0.3) is 0 Å². The van der Waals surface area contributed by atoms with Crippen LogP contribution in [-0.4, -0.2) is 33.2 Å². The van der Waals surface area contributed by atoms with Crippen molar-refractivity contribution in [1.82, 2.24) is 19.5 Å². The van der Waals surface area contributed by atoms with Crippen molar-refractivity contribution in [2.45, 2.75) is 13.0 Å². The van der Waals surface area contributed by atoms with Crippen molar-refractivity contribution in [2.75, 3.05) is 13.7 Å². The molecule has 0 aliphatic heterocycles. The van der Waals surface area contributed by atoms with E-state index in [1.165, 1.54) is 0 Å². The number of hydrogen-bond donors (Lipinski definition) is 1. The molecule has 0 aromatic carbocycles. The average Bonchev–Trinajstić information content (AvgIpc) is 2.83. The Bertz CT molecular complexity index is 792. The van der Waals surface area contributed by atoms with Crippen molar-refractivity contribution < 1.29 is 4.74 Å². The molecule has 0 radical (unpaired) electrons. The Morgan fingerprint density at radius 1 is 1.29 bits per heavy atom. The van der Waals surface area contributed by atoms with Crippen LogP contribution in [0.1, 0.15) is 6.42 Å². The summed E-state index contributed by atoms with van der Waals surface area (Å²) in [5, 5.41) is 0. The predicted octanol–water partition coefficient (Wildman–Crippen LogP) is 1.82. The van der Waals surface area contributed by atoms with Gasteiger partial charge in [0.15, 0.2) is 5.65 Å². The predicted molar refractivity (Wildman–Crippen MR) is 80.1 cm³/mol. The van der Waals surface area contributed by atoms with Gasteiger partial charge in [0, 0.05) is 44.4 Å². The minimum atomic E-state index is -0.138. The molecule has 0 atom stereocenters. The fourth-order valence-electron chi connectivity index (χ4n) is 2.32. The lowest BCUT2D eigenvalue weighted by atomic mass is 10.1.